The largest absolute Gasteiger partial charge is 0.0651 e. The van der Waals surface area contributed by atoms with Crippen molar-refractivity contribution >= 4 is 0 Å². The molecule has 1 radical (unpaired) electrons. The molecule has 3 aliphatic rings. The number of hydrogen-bond donors (Lipinski definition) is 0. The smallest absolute Gasteiger partial charge is 0.0295 e. The molecule has 0 amide bonds. The first-order chi connectivity index (χ1) is 6.61. The molecule has 3 fully saturated rings. The fraction of sp³-hybridized carbons (Fsp3) is 0.929. The number of fused-ring (bicyclic) bond motifs is 2. The van der Waals surface area contributed by atoms with E-state index in [0.29, 0.717) is 5.41 Å². The summed E-state index contributed by atoms with van der Waals surface area (Å²) >= 11 is 0. The van der Waals surface area contributed by atoms with Crippen LogP contribution >= 0.6 is 0 Å². The third-order valence-corrected chi connectivity index (χ3v) is 5.41. The van der Waals surface area contributed by atoms with Crippen LogP contribution in [0.1, 0.15) is 52.9 Å². The minimum absolute atomic E-state index is 0.658. The molecule has 0 aromatic heterocycles. The highest BCUT2D eigenvalue weighted by Crippen LogP contribution is 2.63. The van der Waals surface area contributed by atoms with E-state index in [9.17, 15) is 0 Å². The molecule has 3 aliphatic carbocycles. The number of rotatable bonds is 3. The van der Waals surface area contributed by atoms with Crippen molar-refractivity contribution in [3.8, 4) is 0 Å². The van der Waals surface area contributed by atoms with Crippen molar-refractivity contribution in [3.63, 3.8) is 0 Å². The van der Waals surface area contributed by atoms with Crippen molar-refractivity contribution in [2.75, 3.05) is 0 Å². The molecule has 3 saturated carbocycles. The van der Waals surface area contributed by atoms with Crippen molar-refractivity contribution in [1.29, 1.82) is 0 Å². The van der Waals surface area contributed by atoms with Gasteiger partial charge >= 0.3 is 0 Å². The summed E-state index contributed by atoms with van der Waals surface area (Å²) < 4.78 is 0. The van der Waals surface area contributed by atoms with Crippen LogP contribution in [0.5, 0.6) is 0 Å². The highest BCUT2D eigenvalue weighted by molar-refractivity contribution is 5.04. The Morgan fingerprint density at radius 2 is 2.07 bits per heavy atom. The zero-order chi connectivity index (χ0) is 10.3. The van der Waals surface area contributed by atoms with Crippen LogP contribution in [0.3, 0.4) is 0 Å². The summed E-state index contributed by atoms with van der Waals surface area (Å²) in [5, 5.41) is 0. The summed E-state index contributed by atoms with van der Waals surface area (Å²) in [6.45, 7) is 11.5. The van der Waals surface area contributed by atoms with Gasteiger partial charge in [0.15, 0.2) is 0 Å². The van der Waals surface area contributed by atoms with Gasteiger partial charge in [0.2, 0.25) is 0 Å². The van der Waals surface area contributed by atoms with Crippen molar-refractivity contribution < 1.29 is 0 Å². The van der Waals surface area contributed by atoms with Crippen LogP contribution in [0.2, 0.25) is 0 Å². The average molecular weight is 193 g/mol. The fourth-order valence-electron chi connectivity index (χ4n) is 4.15. The first kappa shape index (κ1) is 10.5. The van der Waals surface area contributed by atoms with E-state index in [4.69, 9.17) is 0 Å². The molecular formula is C14H25. The van der Waals surface area contributed by atoms with Gasteiger partial charge in [-0.25, -0.2) is 0 Å². The molecule has 0 N–H and O–H groups in total. The molecule has 0 aliphatic heterocycles. The third-order valence-electron chi connectivity index (χ3n) is 5.41. The maximum absolute atomic E-state index is 4.13. The van der Waals surface area contributed by atoms with Crippen molar-refractivity contribution in [3.05, 3.63) is 6.92 Å². The second-order valence-electron chi connectivity index (χ2n) is 6.06. The van der Waals surface area contributed by atoms with E-state index in [1.165, 1.54) is 25.7 Å². The van der Waals surface area contributed by atoms with Crippen molar-refractivity contribution in [1.82, 2.24) is 0 Å². The summed E-state index contributed by atoms with van der Waals surface area (Å²) in [6.07, 6.45) is 7.00. The van der Waals surface area contributed by atoms with Gasteiger partial charge in [0.25, 0.3) is 0 Å². The van der Waals surface area contributed by atoms with Crippen molar-refractivity contribution in [2.24, 2.45) is 29.1 Å². The lowest BCUT2D eigenvalue weighted by molar-refractivity contribution is -0.121. The topological polar surface area (TPSA) is 0 Å². The molecule has 0 spiro atoms. The molecule has 0 nitrogen and oxygen atoms in total. The summed E-state index contributed by atoms with van der Waals surface area (Å²) in [5.74, 6) is 3.97. The Bertz CT molecular complexity index is 198. The van der Waals surface area contributed by atoms with Gasteiger partial charge in [-0.2, -0.15) is 0 Å². The molecule has 0 heteroatoms. The van der Waals surface area contributed by atoms with Crippen LogP contribution < -0.4 is 0 Å². The molecule has 81 valence electrons. The summed E-state index contributed by atoms with van der Waals surface area (Å²) in [6, 6.07) is 0. The second kappa shape index (κ2) is 3.54. The van der Waals surface area contributed by atoms with Crippen LogP contribution in [0.15, 0.2) is 0 Å². The Labute approximate surface area is 89.5 Å². The fourth-order valence-corrected chi connectivity index (χ4v) is 4.15. The van der Waals surface area contributed by atoms with E-state index in [-0.39, 0.29) is 0 Å². The van der Waals surface area contributed by atoms with E-state index < -0.39 is 0 Å². The third kappa shape index (κ3) is 1.33. The van der Waals surface area contributed by atoms with E-state index >= 15 is 0 Å². The highest BCUT2D eigenvalue weighted by atomic mass is 14.6. The maximum Gasteiger partial charge on any atom is -0.0295 e. The van der Waals surface area contributed by atoms with Gasteiger partial charge in [-0.3, -0.25) is 0 Å². The van der Waals surface area contributed by atoms with Gasteiger partial charge in [0.05, 0.1) is 0 Å². The van der Waals surface area contributed by atoms with Crippen LogP contribution in [0.4, 0.5) is 0 Å². The van der Waals surface area contributed by atoms with E-state index in [0.717, 1.165) is 30.1 Å². The van der Waals surface area contributed by atoms with E-state index in [1.54, 1.807) is 0 Å². The predicted molar refractivity (Wildman–Crippen MR) is 61.9 cm³/mol. The first-order valence-electron chi connectivity index (χ1n) is 6.40. The highest BCUT2D eigenvalue weighted by Gasteiger charge is 2.54. The maximum atomic E-state index is 4.13. The van der Waals surface area contributed by atoms with Gasteiger partial charge in [-0.15, -0.1) is 0 Å². The van der Waals surface area contributed by atoms with E-state index in [1.807, 2.05) is 0 Å². The Morgan fingerprint density at radius 3 is 2.50 bits per heavy atom. The second-order valence-corrected chi connectivity index (χ2v) is 6.06. The molecular weight excluding hydrogens is 168 g/mol. The molecule has 0 heterocycles. The zero-order valence-corrected chi connectivity index (χ0v) is 10.1. The first-order valence-corrected chi connectivity index (χ1v) is 6.40. The Hall–Kier alpha value is 0. The Morgan fingerprint density at radius 1 is 1.36 bits per heavy atom. The Balaban J connectivity index is 2.06. The van der Waals surface area contributed by atoms with Gasteiger partial charge in [0.1, 0.15) is 0 Å². The lowest BCUT2D eigenvalue weighted by atomic mass is 9.44. The molecule has 4 atom stereocenters. The lowest BCUT2D eigenvalue weighted by Crippen LogP contribution is -2.53. The predicted octanol–water partition coefficient (Wildman–Crippen LogP) is 4.31. The monoisotopic (exact) mass is 193 g/mol. The summed E-state index contributed by atoms with van der Waals surface area (Å²) in [4.78, 5) is 0. The van der Waals surface area contributed by atoms with Crippen LogP contribution in [0, 0.1) is 36.0 Å². The molecule has 4 unspecified atom stereocenters. The van der Waals surface area contributed by atoms with Gasteiger partial charge in [0, 0.05) is 0 Å². The van der Waals surface area contributed by atoms with Gasteiger partial charge < -0.3 is 0 Å². The lowest BCUT2D eigenvalue weighted by Gasteiger charge is -2.61. The standard InChI is InChI=1S/C14H25/c1-5-10(6-2)12-8-7-11-9-13(12)14(11,3)4/h10-13H,1,5-9H2,2-4H3. The normalized spacial score (nSPS) is 39.6. The quantitative estimate of drug-likeness (QED) is 0.626. The van der Waals surface area contributed by atoms with Gasteiger partial charge in [-0.05, 0) is 48.3 Å². The number of hydrogen-bond acceptors (Lipinski definition) is 0. The van der Waals surface area contributed by atoms with Crippen molar-refractivity contribution in [2.45, 2.75) is 52.9 Å². The summed E-state index contributed by atoms with van der Waals surface area (Å²) in [5.41, 5.74) is 0.658. The molecule has 0 aromatic carbocycles. The SMILES string of the molecule is [CH2]CC(CC)C1CCC2CC1C2(C)C. The van der Waals surface area contributed by atoms with Crippen LogP contribution in [-0.4, -0.2) is 0 Å². The average Bonchev–Trinajstić information content (AvgIpc) is 2.19. The molecule has 0 saturated heterocycles. The van der Waals surface area contributed by atoms with E-state index in [2.05, 4.69) is 27.7 Å². The van der Waals surface area contributed by atoms with Gasteiger partial charge in [-0.1, -0.05) is 40.5 Å². The minimum Gasteiger partial charge on any atom is -0.0651 e. The molecule has 14 heavy (non-hydrogen) atoms. The summed E-state index contributed by atoms with van der Waals surface area (Å²) in [7, 11) is 0. The van der Waals surface area contributed by atoms with Crippen LogP contribution in [-0.2, 0) is 0 Å². The molecule has 3 rings (SSSR count). The minimum atomic E-state index is 0.658. The molecule has 0 aromatic rings. The zero-order valence-electron chi connectivity index (χ0n) is 10.1. The van der Waals surface area contributed by atoms with Crippen LogP contribution in [0.25, 0.3) is 0 Å². The molecule has 2 bridgehead atoms. The Kier molecular flexibility index (Phi) is 2.66.